The van der Waals surface area contributed by atoms with E-state index in [4.69, 9.17) is 5.73 Å². The molecular formula is C15H24FNO. The summed E-state index contributed by atoms with van der Waals surface area (Å²) in [5.74, 6) is -0.163. The van der Waals surface area contributed by atoms with Crippen molar-refractivity contribution in [2.75, 3.05) is 6.54 Å². The van der Waals surface area contributed by atoms with Gasteiger partial charge in [0.05, 0.1) is 0 Å². The van der Waals surface area contributed by atoms with Crippen LogP contribution in [0, 0.1) is 11.2 Å². The van der Waals surface area contributed by atoms with Crippen molar-refractivity contribution < 1.29 is 9.50 Å². The summed E-state index contributed by atoms with van der Waals surface area (Å²) in [6, 6.07) is 4.15. The SMILES string of the molecule is CCC(CCN)(c1cc(F)ccc1O)C(C)(C)C. The molecule has 1 rings (SSSR count). The molecule has 1 aromatic rings. The lowest BCUT2D eigenvalue weighted by atomic mass is 9.59. The van der Waals surface area contributed by atoms with Crippen molar-refractivity contribution in [3.05, 3.63) is 29.6 Å². The van der Waals surface area contributed by atoms with Gasteiger partial charge >= 0.3 is 0 Å². The van der Waals surface area contributed by atoms with Crippen molar-refractivity contribution in [3.8, 4) is 5.75 Å². The molecule has 0 heterocycles. The molecule has 1 atom stereocenters. The van der Waals surface area contributed by atoms with Crippen LogP contribution >= 0.6 is 0 Å². The molecule has 1 unspecified atom stereocenters. The molecule has 2 nitrogen and oxygen atoms in total. The molecule has 0 fully saturated rings. The fourth-order valence-electron chi connectivity index (χ4n) is 2.95. The summed E-state index contributed by atoms with van der Waals surface area (Å²) in [4.78, 5) is 0. The molecule has 0 aliphatic heterocycles. The number of benzene rings is 1. The monoisotopic (exact) mass is 253 g/mol. The minimum Gasteiger partial charge on any atom is -0.508 e. The van der Waals surface area contributed by atoms with Crippen molar-refractivity contribution in [2.24, 2.45) is 11.1 Å². The number of phenols is 1. The zero-order valence-electron chi connectivity index (χ0n) is 11.8. The van der Waals surface area contributed by atoms with Crippen LogP contribution in [0.2, 0.25) is 0 Å². The van der Waals surface area contributed by atoms with Crippen LogP contribution in [0.3, 0.4) is 0 Å². The Morgan fingerprint density at radius 3 is 2.33 bits per heavy atom. The number of hydrogen-bond donors (Lipinski definition) is 2. The van der Waals surface area contributed by atoms with Gasteiger partial charge in [0, 0.05) is 11.0 Å². The van der Waals surface area contributed by atoms with Gasteiger partial charge in [-0.25, -0.2) is 4.39 Å². The molecule has 18 heavy (non-hydrogen) atoms. The van der Waals surface area contributed by atoms with Crippen molar-refractivity contribution in [1.82, 2.24) is 0 Å². The van der Waals surface area contributed by atoms with Crippen LogP contribution < -0.4 is 5.73 Å². The average molecular weight is 253 g/mol. The summed E-state index contributed by atoms with van der Waals surface area (Å²) < 4.78 is 13.5. The van der Waals surface area contributed by atoms with Crippen LogP contribution in [0.5, 0.6) is 5.75 Å². The standard InChI is InChI=1S/C15H24FNO/c1-5-15(8-9-17,14(2,3)4)12-10-11(16)6-7-13(12)18/h6-7,10,18H,5,8-9,17H2,1-4H3. The Morgan fingerprint density at radius 1 is 1.28 bits per heavy atom. The van der Waals surface area contributed by atoms with Gasteiger partial charge in [-0.1, -0.05) is 27.7 Å². The minimum atomic E-state index is -0.318. The molecule has 0 aliphatic carbocycles. The van der Waals surface area contributed by atoms with Crippen molar-refractivity contribution in [1.29, 1.82) is 0 Å². The number of nitrogens with two attached hydrogens (primary N) is 1. The first-order valence-corrected chi connectivity index (χ1v) is 6.47. The largest absolute Gasteiger partial charge is 0.508 e. The van der Waals surface area contributed by atoms with Crippen molar-refractivity contribution >= 4 is 0 Å². The fraction of sp³-hybridized carbons (Fsp3) is 0.600. The van der Waals surface area contributed by atoms with Crippen LogP contribution in [0.4, 0.5) is 4.39 Å². The summed E-state index contributed by atoms with van der Waals surface area (Å²) in [6.07, 6.45) is 1.54. The van der Waals surface area contributed by atoms with Gasteiger partial charge in [0.15, 0.2) is 0 Å². The van der Waals surface area contributed by atoms with Crippen molar-refractivity contribution in [2.45, 2.75) is 46.0 Å². The maximum Gasteiger partial charge on any atom is 0.123 e. The fourth-order valence-corrected chi connectivity index (χ4v) is 2.95. The highest BCUT2D eigenvalue weighted by Gasteiger charge is 2.42. The summed E-state index contributed by atoms with van der Waals surface area (Å²) >= 11 is 0. The van der Waals surface area contributed by atoms with E-state index < -0.39 is 0 Å². The highest BCUT2D eigenvalue weighted by Crippen LogP contribution is 2.49. The predicted molar refractivity (Wildman–Crippen MR) is 73.2 cm³/mol. The second kappa shape index (κ2) is 5.27. The van der Waals surface area contributed by atoms with E-state index in [1.807, 2.05) is 0 Å². The predicted octanol–water partition coefficient (Wildman–Crippen LogP) is 3.57. The molecule has 0 saturated carbocycles. The number of hydrogen-bond acceptors (Lipinski definition) is 2. The van der Waals surface area contributed by atoms with E-state index in [0.717, 1.165) is 12.8 Å². The smallest absolute Gasteiger partial charge is 0.123 e. The molecule has 0 saturated heterocycles. The van der Waals surface area contributed by atoms with Crippen LogP contribution in [-0.2, 0) is 5.41 Å². The molecule has 0 bridgehead atoms. The van der Waals surface area contributed by atoms with Crippen LogP contribution in [0.15, 0.2) is 18.2 Å². The van der Waals surface area contributed by atoms with Gasteiger partial charge in [-0.2, -0.15) is 0 Å². The maximum absolute atomic E-state index is 13.5. The first-order valence-electron chi connectivity index (χ1n) is 6.47. The molecule has 1 aromatic carbocycles. The van der Waals surface area contributed by atoms with Gasteiger partial charge < -0.3 is 10.8 Å². The van der Waals surface area contributed by atoms with E-state index in [1.165, 1.54) is 18.2 Å². The zero-order chi connectivity index (χ0) is 14.0. The maximum atomic E-state index is 13.5. The van der Waals surface area contributed by atoms with Crippen molar-refractivity contribution in [3.63, 3.8) is 0 Å². The quantitative estimate of drug-likeness (QED) is 0.861. The van der Waals surface area contributed by atoms with Gasteiger partial charge in [0.1, 0.15) is 11.6 Å². The van der Waals surface area contributed by atoms with E-state index in [2.05, 4.69) is 27.7 Å². The molecule has 102 valence electrons. The molecule has 0 aromatic heterocycles. The Bertz CT molecular complexity index is 411. The molecule has 3 heteroatoms. The Balaban J connectivity index is 3.47. The molecule has 0 radical (unpaired) electrons. The molecule has 0 amide bonds. The highest BCUT2D eigenvalue weighted by atomic mass is 19.1. The third-order valence-corrected chi connectivity index (χ3v) is 4.08. The van der Waals surface area contributed by atoms with Crippen LogP contribution in [0.25, 0.3) is 0 Å². The molecular weight excluding hydrogens is 229 g/mol. The lowest BCUT2D eigenvalue weighted by molar-refractivity contribution is 0.159. The Labute approximate surface area is 109 Å². The molecule has 3 N–H and O–H groups in total. The van der Waals surface area contributed by atoms with Gasteiger partial charge in [0.2, 0.25) is 0 Å². The van der Waals surface area contributed by atoms with Crippen LogP contribution in [0.1, 0.15) is 46.1 Å². The minimum absolute atomic E-state index is 0.105. The van der Waals surface area contributed by atoms with Crippen LogP contribution in [-0.4, -0.2) is 11.7 Å². The van der Waals surface area contributed by atoms with Gasteiger partial charge in [-0.15, -0.1) is 0 Å². The Morgan fingerprint density at radius 2 is 1.89 bits per heavy atom. The number of aromatic hydroxyl groups is 1. The number of halogens is 1. The summed E-state index contributed by atoms with van der Waals surface area (Å²) in [5, 5.41) is 10.1. The lowest BCUT2D eigenvalue weighted by Gasteiger charge is -2.45. The lowest BCUT2D eigenvalue weighted by Crippen LogP contribution is -2.41. The second-order valence-corrected chi connectivity index (χ2v) is 5.89. The first-order chi connectivity index (χ1) is 8.28. The topological polar surface area (TPSA) is 46.2 Å². The van der Waals surface area contributed by atoms with Gasteiger partial charge in [-0.3, -0.25) is 0 Å². The summed E-state index contributed by atoms with van der Waals surface area (Å²) in [5.41, 5.74) is 5.99. The second-order valence-electron chi connectivity index (χ2n) is 5.89. The molecule has 0 spiro atoms. The van der Waals surface area contributed by atoms with E-state index in [-0.39, 0.29) is 22.4 Å². The van der Waals surface area contributed by atoms with E-state index in [0.29, 0.717) is 12.1 Å². The third kappa shape index (κ3) is 2.51. The average Bonchev–Trinajstić information content (AvgIpc) is 2.28. The van der Waals surface area contributed by atoms with E-state index in [1.54, 1.807) is 0 Å². The normalized spacial score (nSPS) is 15.4. The van der Waals surface area contributed by atoms with E-state index in [9.17, 15) is 9.50 Å². The summed E-state index contributed by atoms with van der Waals surface area (Å²) in [6.45, 7) is 8.90. The first kappa shape index (κ1) is 15.0. The number of rotatable bonds is 4. The van der Waals surface area contributed by atoms with Gasteiger partial charge in [0.25, 0.3) is 0 Å². The summed E-state index contributed by atoms with van der Waals surface area (Å²) in [7, 11) is 0. The van der Waals surface area contributed by atoms with Gasteiger partial charge in [-0.05, 0) is 43.0 Å². The highest BCUT2D eigenvalue weighted by molar-refractivity contribution is 5.40. The molecule has 0 aliphatic rings. The Kier molecular flexibility index (Phi) is 4.38. The Hall–Kier alpha value is -1.09. The third-order valence-electron chi connectivity index (χ3n) is 4.08. The zero-order valence-corrected chi connectivity index (χ0v) is 11.8. The number of phenolic OH excluding ortho intramolecular Hbond substituents is 1. The van der Waals surface area contributed by atoms with E-state index >= 15 is 0 Å².